The van der Waals surface area contributed by atoms with Crippen molar-refractivity contribution in [3.05, 3.63) is 65.1 Å². The maximum absolute atomic E-state index is 6.22. The Labute approximate surface area is 163 Å². The second-order valence-electron chi connectivity index (χ2n) is 7.26. The van der Waals surface area contributed by atoms with Crippen LogP contribution in [0.3, 0.4) is 0 Å². The number of fused-ring (bicyclic) bond motifs is 2. The third-order valence-electron chi connectivity index (χ3n) is 5.51. The van der Waals surface area contributed by atoms with Crippen molar-refractivity contribution in [1.82, 2.24) is 15.0 Å². The fraction of sp³-hybridized carbons (Fsp3) is 0.273. The highest BCUT2D eigenvalue weighted by Crippen LogP contribution is 2.36. The zero-order valence-electron chi connectivity index (χ0n) is 15.0. The monoisotopic (exact) mass is 376 g/mol. The number of nitrogens with one attached hydrogen (secondary N) is 2. The van der Waals surface area contributed by atoms with Gasteiger partial charge < -0.3 is 10.3 Å². The van der Waals surface area contributed by atoms with Gasteiger partial charge in [0.1, 0.15) is 11.6 Å². The lowest BCUT2D eigenvalue weighted by Gasteiger charge is -2.24. The average molecular weight is 377 g/mol. The first-order valence-electron chi connectivity index (χ1n) is 9.54. The van der Waals surface area contributed by atoms with Gasteiger partial charge in [-0.1, -0.05) is 36.2 Å². The first kappa shape index (κ1) is 16.6. The summed E-state index contributed by atoms with van der Waals surface area (Å²) in [6.45, 7) is 0.810. The summed E-state index contributed by atoms with van der Waals surface area (Å²) in [5, 5.41) is 6.52. The first-order valence-corrected chi connectivity index (χ1v) is 9.92. The number of nitrogens with zero attached hydrogens (tertiary/aromatic N) is 2. The summed E-state index contributed by atoms with van der Waals surface area (Å²) < 4.78 is 0. The van der Waals surface area contributed by atoms with Gasteiger partial charge in [0, 0.05) is 40.0 Å². The van der Waals surface area contributed by atoms with E-state index >= 15 is 0 Å². The van der Waals surface area contributed by atoms with E-state index in [-0.39, 0.29) is 0 Å². The minimum Gasteiger partial charge on any atom is -0.369 e. The Kier molecular flexibility index (Phi) is 4.21. The highest BCUT2D eigenvalue weighted by atomic mass is 35.5. The van der Waals surface area contributed by atoms with Gasteiger partial charge in [0.05, 0.1) is 5.52 Å². The SMILES string of the molecule is Clc1ccc2nc(C3CCC3)nc(NCCc3c[nH]c4ccccc34)c2c1. The van der Waals surface area contributed by atoms with E-state index in [1.54, 1.807) is 0 Å². The minimum absolute atomic E-state index is 0.499. The third-order valence-corrected chi connectivity index (χ3v) is 5.74. The molecule has 1 saturated carbocycles. The van der Waals surface area contributed by atoms with Gasteiger partial charge in [0.25, 0.3) is 0 Å². The quantitative estimate of drug-likeness (QED) is 0.470. The summed E-state index contributed by atoms with van der Waals surface area (Å²) in [6, 6.07) is 14.3. The van der Waals surface area contributed by atoms with E-state index in [0.717, 1.165) is 35.5 Å². The van der Waals surface area contributed by atoms with Crippen molar-refractivity contribution in [1.29, 1.82) is 0 Å². The van der Waals surface area contributed by atoms with Crippen LogP contribution in [0, 0.1) is 0 Å². The van der Waals surface area contributed by atoms with Crippen LogP contribution in [0.15, 0.2) is 48.7 Å². The molecular weight excluding hydrogens is 356 g/mol. The van der Waals surface area contributed by atoms with E-state index < -0.39 is 0 Å². The van der Waals surface area contributed by atoms with Gasteiger partial charge in [-0.3, -0.25) is 0 Å². The Morgan fingerprint density at radius 3 is 2.81 bits per heavy atom. The number of aromatic amines is 1. The zero-order valence-corrected chi connectivity index (χ0v) is 15.8. The number of anilines is 1. The predicted octanol–water partition coefficient (Wildman–Crippen LogP) is 5.69. The zero-order chi connectivity index (χ0) is 18.2. The molecule has 136 valence electrons. The molecule has 0 spiro atoms. The van der Waals surface area contributed by atoms with Crippen LogP contribution < -0.4 is 5.32 Å². The van der Waals surface area contributed by atoms with Gasteiger partial charge in [0.15, 0.2) is 0 Å². The molecule has 27 heavy (non-hydrogen) atoms. The highest BCUT2D eigenvalue weighted by molar-refractivity contribution is 6.31. The van der Waals surface area contributed by atoms with E-state index in [2.05, 4.69) is 40.8 Å². The van der Waals surface area contributed by atoms with Crippen LogP contribution >= 0.6 is 11.6 Å². The maximum Gasteiger partial charge on any atom is 0.137 e. The summed E-state index contributed by atoms with van der Waals surface area (Å²) in [7, 11) is 0. The normalized spacial score (nSPS) is 14.6. The van der Waals surface area contributed by atoms with Gasteiger partial charge in [-0.25, -0.2) is 9.97 Å². The molecule has 0 bridgehead atoms. The molecule has 0 unspecified atom stereocenters. The molecule has 1 aliphatic carbocycles. The molecule has 5 heteroatoms. The van der Waals surface area contributed by atoms with E-state index in [9.17, 15) is 0 Å². The molecule has 2 heterocycles. The standard InChI is InChI=1S/C22H21ClN4/c23-16-8-9-20-18(12-16)22(27-21(26-20)14-4-3-5-14)24-11-10-15-13-25-19-7-2-1-6-17(15)19/h1-2,6-9,12-14,25H,3-5,10-11H2,(H,24,26,27). The summed E-state index contributed by atoms with van der Waals surface area (Å²) in [6.07, 6.45) is 6.67. The maximum atomic E-state index is 6.22. The van der Waals surface area contributed by atoms with Crippen molar-refractivity contribution >= 4 is 39.2 Å². The van der Waals surface area contributed by atoms with Crippen LogP contribution in [-0.2, 0) is 6.42 Å². The van der Waals surface area contributed by atoms with Gasteiger partial charge in [-0.15, -0.1) is 0 Å². The van der Waals surface area contributed by atoms with Crippen molar-refractivity contribution in [2.75, 3.05) is 11.9 Å². The fourth-order valence-corrected chi connectivity index (χ4v) is 3.93. The topological polar surface area (TPSA) is 53.6 Å². The molecule has 1 aliphatic rings. The molecule has 0 radical (unpaired) electrons. The van der Waals surface area contributed by atoms with Crippen LogP contribution in [0.25, 0.3) is 21.8 Å². The lowest BCUT2D eigenvalue weighted by atomic mass is 9.85. The fourth-order valence-electron chi connectivity index (χ4n) is 3.76. The Bertz CT molecular complexity index is 1110. The second kappa shape index (κ2) is 6.86. The second-order valence-corrected chi connectivity index (χ2v) is 7.69. The number of halogens is 1. The molecule has 0 aliphatic heterocycles. The van der Waals surface area contributed by atoms with Gasteiger partial charge in [-0.05, 0) is 49.1 Å². The van der Waals surface area contributed by atoms with Gasteiger partial charge >= 0.3 is 0 Å². The first-order chi connectivity index (χ1) is 13.3. The molecule has 0 atom stereocenters. The van der Waals surface area contributed by atoms with Gasteiger partial charge in [0.2, 0.25) is 0 Å². The Morgan fingerprint density at radius 1 is 1.07 bits per heavy atom. The Morgan fingerprint density at radius 2 is 1.96 bits per heavy atom. The number of hydrogen-bond donors (Lipinski definition) is 2. The van der Waals surface area contributed by atoms with E-state index in [0.29, 0.717) is 10.9 Å². The molecular formula is C22H21ClN4. The number of hydrogen-bond acceptors (Lipinski definition) is 3. The van der Waals surface area contributed by atoms with Crippen LogP contribution in [0.1, 0.15) is 36.6 Å². The third kappa shape index (κ3) is 3.15. The van der Waals surface area contributed by atoms with Crippen LogP contribution in [0.2, 0.25) is 5.02 Å². The molecule has 2 aromatic carbocycles. The highest BCUT2D eigenvalue weighted by Gasteiger charge is 2.23. The molecule has 0 amide bonds. The van der Waals surface area contributed by atoms with Crippen molar-refractivity contribution < 1.29 is 0 Å². The summed E-state index contributed by atoms with van der Waals surface area (Å²) >= 11 is 6.22. The van der Waals surface area contributed by atoms with Crippen molar-refractivity contribution in [3.63, 3.8) is 0 Å². The average Bonchev–Trinajstić information content (AvgIpc) is 3.04. The number of aromatic nitrogens is 3. The lowest BCUT2D eigenvalue weighted by Crippen LogP contribution is -2.15. The summed E-state index contributed by atoms with van der Waals surface area (Å²) in [5.74, 6) is 2.36. The summed E-state index contributed by atoms with van der Waals surface area (Å²) in [4.78, 5) is 13.0. The van der Waals surface area contributed by atoms with Crippen LogP contribution in [0.4, 0.5) is 5.82 Å². The number of H-pyrrole nitrogens is 1. The largest absolute Gasteiger partial charge is 0.369 e. The van der Waals surface area contributed by atoms with E-state index in [1.165, 1.54) is 35.7 Å². The molecule has 2 N–H and O–H groups in total. The number of benzene rings is 2. The van der Waals surface area contributed by atoms with Crippen molar-refractivity contribution in [2.24, 2.45) is 0 Å². The Balaban J connectivity index is 1.42. The lowest BCUT2D eigenvalue weighted by molar-refractivity contribution is 0.403. The molecule has 0 saturated heterocycles. The van der Waals surface area contributed by atoms with Crippen LogP contribution in [0.5, 0.6) is 0 Å². The van der Waals surface area contributed by atoms with Gasteiger partial charge in [-0.2, -0.15) is 0 Å². The number of para-hydroxylation sites is 1. The van der Waals surface area contributed by atoms with E-state index in [1.807, 2.05) is 18.2 Å². The van der Waals surface area contributed by atoms with Crippen molar-refractivity contribution in [3.8, 4) is 0 Å². The Hall–Kier alpha value is -2.59. The summed E-state index contributed by atoms with van der Waals surface area (Å²) in [5.41, 5.74) is 3.46. The molecule has 2 aromatic heterocycles. The molecule has 4 nitrogen and oxygen atoms in total. The van der Waals surface area contributed by atoms with Crippen LogP contribution in [-0.4, -0.2) is 21.5 Å². The molecule has 5 rings (SSSR count). The minimum atomic E-state index is 0.499. The van der Waals surface area contributed by atoms with Crippen molar-refractivity contribution in [2.45, 2.75) is 31.6 Å². The number of rotatable bonds is 5. The smallest absolute Gasteiger partial charge is 0.137 e. The predicted molar refractivity (Wildman–Crippen MR) is 112 cm³/mol. The van der Waals surface area contributed by atoms with E-state index in [4.69, 9.17) is 21.6 Å². The molecule has 4 aromatic rings. The molecule has 1 fully saturated rings.